The summed E-state index contributed by atoms with van der Waals surface area (Å²) in [5.74, 6) is -1.24. The number of nitrogen functional groups attached to an aromatic ring is 1. The monoisotopic (exact) mass is 306 g/mol. The van der Waals surface area contributed by atoms with E-state index in [1.165, 1.54) is 4.90 Å². The molecule has 1 aliphatic rings. The van der Waals surface area contributed by atoms with Crippen molar-refractivity contribution in [3.05, 3.63) is 29.8 Å². The van der Waals surface area contributed by atoms with Crippen LogP contribution in [0.1, 0.15) is 5.56 Å². The second-order valence-corrected chi connectivity index (χ2v) is 4.98. The van der Waals surface area contributed by atoms with Crippen molar-refractivity contribution in [2.75, 3.05) is 25.5 Å². The topological polar surface area (TPSA) is 129 Å². The lowest BCUT2D eigenvalue weighted by Crippen LogP contribution is -2.54. The molecule has 2 rings (SSSR count). The van der Waals surface area contributed by atoms with Gasteiger partial charge >= 0.3 is 0 Å². The summed E-state index contributed by atoms with van der Waals surface area (Å²) < 4.78 is 5.19. The molecule has 1 aromatic rings. The maximum atomic E-state index is 12.0. The van der Waals surface area contributed by atoms with Crippen molar-refractivity contribution in [1.82, 2.24) is 4.90 Å². The number of morpholine rings is 1. The third-order valence-electron chi connectivity index (χ3n) is 3.36. The van der Waals surface area contributed by atoms with Gasteiger partial charge in [-0.15, -0.1) is 0 Å². The van der Waals surface area contributed by atoms with Crippen molar-refractivity contribution < 1.29 is 19.4 Å². The van der Waals surface area contributed by atoms with E-state index in [1.807, 2.05) is 0 Å². The van der Waals surface area contributed by atoms with Gasteiger partial charge in [-0.05, 0) is 24.3 Å². The third-order valence-corrected chi connectivity index (χ3v) is 3.36. The fourth-order valence-electron chi connectivity index (χ4n) is 2.03. The minimum Gasteiger partial charge on any atom is -0.384 e. The predicted molar refractivity (Wildman–Crippen MR) is 79.5 cm³/mol. The first-order valence-electron chi connectivity index (χ1n) is 6.70. The lowest BCUT2D eigenvalue weighted by Gasteiger charge is -2.31. The van der Waals surface area contributed by atoms with Gasteiger partial charge in [-0.3, -0.25) is 15.0 Å². The first kappa shape index (κ1) is 15.9. The molecule has 0 aliphatic carbocycles. The SMILES string of the molecule is CN1CCO[C@H](C(O)C(=O)Nc2ccc(C(=N)N)cc2)C1=O. The van der Waals surface area contributed by atoms with E-state index in [9.17, 15) is 14.7 Å². The molecule has 8 heteroatoms. The summed E-state index contributed by atoms with van der Waals surface area (Å²) in [6, 6.07) is 6.24. The maximum Gasteiger partial charge on any atom is 0.256 e. The number of nitrogens with two attached hydrogens (primary N) is 1. The number of benzene rings is 1. The second kappa shape index (κ2) is 6.54. The average molecular weight is 306 g/mol. The number of anilines is 1. The normalized spacial score (nSPS) is 19.6. The molecule has 1 saturated heterocycles. The number of carbonyl (C=O) groups is 2. The molecule has 1 aromatic carbocycles. The van der Waals surface area contributed by atoms with Crippen LogP contribution in [0.5, 0.6) is 0 Å². The Morgan fingerprint density at radius 3 is 2.73 bits per heavy atom. The van der Waals surface area contributed by atoms with Gasteiger partial charge in [0.2, 0.25) is 0 Å². The Balaban J connectivity index is 2.01. The number of amides is 2. The van der Waals surface area contributed by atoms with E-state index in [2.05, 4.69) is 5.32 Å². The lowest BCUT2D eigenvalue weighted by atomic mass is 10.1. The highest BCUT2D eigenvalue weighted by molar-refractivity contribution is 5.99. The zero-order chi connectivity index (χ0) is 16.3. The molecule has 0 bridgehead atoms. The summed E-state index contributed by atoms with van der Waals surface area (Å²) in [7, 11) is 1.59. The van der Waals surface area contributed by atoms with Crippen LogP contribution in [0.2, 0.25) is 0 Å². The van der Waals surface area contributed by atoms with Gasteiger partial charge < -0.3 is 25.8 Å². The Labute approximate surface area is 127 Å². The van der Waals surface area contributed by atoms with Crippen molar-refractivity contribution in [2.24, 2.45) is 5.73 Å². The number of aliphatic hydroxyl groups excluding tert-OH is 1. The van der Waals surface area contributed by atoms with Gasteiger partial charge in [0.25, 0.3) is 11.8 Å². The first-order valence-corrected chi connectivity index (χ1v) is 6.70. The minimum atomic E-state index is -1.59. The molecule has 0 aromatic heterocycles. The molecule has 1 heterocycles. The van der Waals surface area contributed by atoms with Crippen LogP contribution in [0.3, 0.4) is 0 Å². The highest BCUT2D eigenvalue weighted by atomic mass is 16.5. The van der Waals surface area contributed by atoms with E-state index >= 15 is 0 Å². The van der Waals surface area contributed by atoms with Crippen molar-refractivity contribution in [2.45, 2.75) is 12.2 Å². The number of amidine groups is 1. The van der Waals surface area contributed by atoms with Crippen LogP contribution in [0, 0.1) is 5.41 Å². The minimum absolute atomic E-state index is 0.0813. The molecule has 2 atom stereocenters. The number of rotatable bonds is 4. The number of hydrogen-bond donors (Lipinski definition) is 4. The molecule has 0 radical (unpaired) electrons. The predicted octanol–water partition coefficient (Wildman–Crippen LogP) is -0.873. The summed E-state index contributed by atoms with van der Waals surface area (Å²) in [4.78, 5) is 25.3. The quantitative estimate of drug-likeness (QED) is 0.424. The van der Waals surface area contributed by atoms with Gasteiger partial charge in [0.05, 0.1) is 6.61 Å². The van der Waals surface area contributed by atoms with Gasteiger partial charge in [-0.2, -0.15) is 0 Å². The molecule has 0 spiro atoms. The number of aliphatic hydroxyl groups is 1. The van der Waals surface area contributed by atoms with Crippen LogP contribution in [0.25, 0.3) is 0 Å². The smallest absolute Gasteiger partial charge is 0.256 e. The number of ether oxygens (including phenoxy) is 1. The van der Waals surface area contributed by atoms with Crippen LogP contribution >= 0.6 is 0 Å². The summed E-state index contributed by atoms with van der Waals surface area (Å²) in [6.07, 6.45) is -2.79. The Hall–Kier alpha value is -2.45. The maximum absolute atomic E-state index is 12.0. The van der Waals surface area contributed by atoms with Gasteiger partial charge in [0.15, 0.2) is 12.2 Å². The van der Waals surface area contributed by atoms with Gasteiger partial charge in [-0.1, -0.05) is 0 Å². The Morgan fingerprint density at radius 2 is 2.14 bits per heavy atom. The van der Waals surface area contributed by atoms with Crippen molar-refractivity contribution >= 4 is 23.3 Å². The molecule has 5 N–H and O–H groups in total. The van der Waals surface area contributed by atoms with Gasteiger partial charge in [-0.25, -0.2) is 0 Å². The molecule has 8 nitrogen and oxygen atoms in total. The van der Waals surface area contributed by atoms with E-state index in [4.69, 9.17) is 15.9 Å². The number of carbonyl (C=O) groups excluding carboxylic acids is 2. The van der Waals surface area contributed by atoms with Gasteiger partial charge in [0, 0.05) is 24.8 Å². The number of nitrogens with one attached hydrogen (secondary N) is 2. The number of likely N-dealkylation sites (N-methyl/N-ethyl adjacent to an activating group) is 1. The van der Waals surface area contributed by atoms with E-state index in [0.29, 0.717) is 17.8 Å². The summed E-state index contributed by atoms with van der Waals surface area (Å²) in [5.41, 5.74) is 6.28. The van der Waals surface area contributed by atoms with E-state index in [-0.39, 0.29) is 12.4 Å². The van der Waals surface area contributed by atoms with Crippen LogP contribution < -0.4 is 11.1 Å². The zero-order valence-corrected chi connectivity index (χ0v) is 12.1. The van der Waals surface area contributed by atoms with Crippen molar-refractivity contribution in [1.29, 1.82) is 5.41 Å². The second-order valence-electron chi connectivity index (χ2n) is 4.98. The van der Waals surface area contributed by atoms with Crippen LogP contribution in [-0.4, -0.2) is 60.1 Å². The standard InChI is InChI=1S/C14H18N4O4/c1-18-6-7-22-11(14(18)21)10(19)13(20)17-9-4-2-8(3-5-9)12(15)16/h2-5,10-11,19H,6-7H2,1H3,(H3,15,16)(H,17,20)/t10?,11-/m1/s1. The van der Waals surface area contributed by atoms with Crippen LogP contribution in [-0.2, 0) is 14.3 Å². The largest absolute Gasteiger partial charge is 0.384 e. The Morgan fingerprint density at radius 1 is 1.50 bits per heavy atom. The molecule has 1 fully saturated rings. The summed E-state index contributed by atoms with van der Waals surface area (Å²) in [5, 5.41) is 19.8. The first-order chi connectivity index (χ1) is 10.4. The highest BCUT2D eigenvalue weighted by Crippen LogP contribution is 2.13. The van der Waals surface area contributed by atoms with Gasteiger partial charge in [0.1, 0.15) is 5.84 Å². The molecule has 1 unspecified atom stereocenters. The number of nitrogens with zero attached hydrogens (tertiary/aromatic N) is 1. The lowest BCUT2D eigenvalue weighted by molar-refractivity contribution is -0.164. The molecular weight excluding hydrogens is 288 g/mol. The molecule has 1 aliphatic heterocycles. The van der Waals surface area contributed by atoms with E-state index in [0.717, 1.165) is 0 Å². The molecular formula is C14H18N4O4. The average Bonchev–Trinajstić information content (AvgIpc) is 2.50. The molecule has 118 valence electrons. The summed E-state index contributed by atoms with van der Waals surface area (Å²) in [6.45, 7) is 0.695. The Bertz CT molecular complexity index is 587. The molecule has 0 saturated carbocycles. The highest BCUT2D eigenvalue weighted by Gasteiger charge is 2.37. The van der Waals surface area contributed by atoms with Crippen LogP contribution in [0.15, 0.2) is 24.3 Å². The fraction of sp³-hybridized carbons (Fsp3) is 0.357. The molecule has 22 heavy (non-hydrogen) atoms. The van der Waals surface area contributed by atoms with Crippen molar-refractivity contribution in [3.8, 4) is 0 Å². The van der Waals surface area contributed by atoms with E-state index in [1.54, 1.807) is 31.3 Å². The van der Waals surface area contributed by atoms with E-state index < -0.39 is 24.0 Å². The zero-order valence-electron chi connectivity index (χ0n) is 12.1. The van der Waals surface area contributed by atoms with Crippen LogP contribution in [0.4, 0.5) is 5.69 Å². The number of hydrogen-bond acceptors (Lipinski definition) is 5. The Kier molecular flexibility index (Phi) is 4.74. The molecule has 2 amide bonds. The third kappa shape index (κ3) is 3.41. The fourth-order valence-corrected chi connectivity index (χ4v) is 2.03. The summed E-state index contributed by atoms with van der Waals surface area (Å²) >= 11 is 0. The van der Waals surface area contributed by atoms with Crippen molar-refractivity contribution in [3.63, 3.8) is 0 Å².